The van der Waals surface area contributed by atoms with Crippen molar-refractivity contribution in [3.8, 4) is 0 Å². The van der Waals surface area contributed by atoms with Crippen LogP contribution < -0.4 is 0 Å². The van der Waals surface area contributed by atoms with Crippen LogP contribution in [0.4, 0.5) is 0 Å². The minimum Gasteiger partial charge on any atom is -0.399 e. The van der Waals surface area contributed by atoms with Crippen LogP contribution in [-0.2, 0) is 4.84 Å². The zero-order valence-electron chi connectivity index (χ0n) is 11.0. The third-order valence-electron chi connectivity index (χ3n) is 2.83. The van der Waals surface area contributed by atoms with Crippen LogP contribution in [0.3, 0.4) is 0 Å². The Morgan fingerprint density at radius 3 is 2.00 bits per heavy atom. The third kappa shape index (κ3) is 3.07. The van der Waals surface area contributed by atoms with E-state index < -0.39 is 0 Å². The Morgan fingerprint density at radius 1 is 1.00 bits per heavy atom. The van der Waals surface area contributed by atoms with Crippen molar-refractivity contribution >= 4 is 12.0 Å². The molecule has 0 atom stereocenters. The van der Waals surface area contributed by atoms with Gasteiger partial charge >= 0.3 is 0 Å². The molecule has 96 valence electrons. The summed E-state index contributed by atoms with van der Waals surface area (Å²) in [6.45, 7) is 2.04. The van der Waals surface area contributed by atoms with E-state index in [4.69, 9.17) is 4.84 Å². The first-order chi connectivity index (χ1) is 9.24. The molecule has 0 heterocycles. The van der Waals surface area contributed by atoms with E-state index in [1.807, 2.05) is 43.3 Å². The molecule has 0 radical (unpaired) electrons. The number of carbonyl (C=O) groups excluding carboxylic acids is 1. The highest BCUT2D eigenvalue weighted by atomic mass is 16.6. The maximum absolute atomic E-state index is 10.7. The van der Waals surface area contributed by atoms with Crippen LogP contribution in [0.15, 0.2) is 53.7 Å². The van der Waals surface area contributed by atoms with E-state index in [1.165, 1.54) is 12.7 Å². The van der Waals surface area contributed by atoms with Gasteiger partial charge in [-0.1, -0.05) is 59.3 Å². The zero-order valence-corrected chi connectivity index (χ0v) is 11.0. The standard InChI is InChI=1S/C16H15NO2/c1-12-3-7-14(8-4-12)16(17-19-2)15-9-5-13(11-18)6-10-15/h3-11H,1-2H3/b17-16-. The number of hydrogen-bond acceptors (Lipinski definition) is 3. The van der Waals surface area contributed by atoms with Crippen molar-refractivity contribution in [3.05, 3.63) is 70.8 Å². The highest BCUT2D eigenvalue weighted by Gasteiger charge is 2.07. The van der Waals surface area contributed by atoms with Gasteiger partial charge in [-0.15, -0.1) is 0 Å². The predicted molar refractivity (Wildman–Crippen MR) is 75.7 cm³/mol. The van der Waals surface area contributed by atoms with Gasteiger partial charge in [-0.25, -0.2) is 0 Å². The van der Waals surface area contributed by atoms with Crippen LogP contribution in [0.1, 0.15) is 27.0 Å². The van der Waals surface area contributed by atoms with E-state index in [0.717, 1.165) is 23.1 Å². The first-order valence-electron chi connectivity index (χ1n) is 5.98. The van der Waals surface area contributed by atoms with Gasteiger partial charge in [-0.2, -0.15) is 0 Å². The molecule has 0 spiro atoms. The fourth-order valence-corrected chi connectivity index (χ4v) is 1.79. The fourth-order valence-electron chi connectivity index (χ4n) is 1.79. The highest BCUT2D eigenvalue weighted by molar-refractivity contribution is 6.12. The maximum Gasteiger partial charge on any atom is 0.150 e. The average molecular weight is 253 g/mol. The smallest absolute Gasteiger partial charge is 0.150 e. The van der Waals surface area contributed by atoms with Gasteiger partial charge in [-0.3, -0.25) is 4.79 Å². The minimum atomic E-state index is 0.643. The Kier molecular flexibility index (Phi) is 4.08. The number of nitrogens with zero attached hydrogens (tertiary/aromatic N) is 1. The lowest BCUT2D eigenvalue weighted by Crippen LogP contribution is -2.04. The molecule has 0 aliphatic heterocycles. The summed E-state index contributed by atoms with van der Waals surface area (Å²) in [7, 11) is 1.52. The van der Waals surface area contributed by atoms with Crippen molar-refractivity contribution in [1.82, 2.24) is 0 Å². The third-order valence-corrected chi connectivity index (χ3v) is 2.83. The topological polar surface area (TPSA) is 38.7 Å². The summed E-state index contributed by atoms with van der Waals surface area (Å²) in [5.41, 5.74) is 4.48. The Bertz CT molecular complexity index is 583. The molecule has 0 saturated heterocycles. The second-order valence-electron chi connectivity index (χ2n) is 4.23. The van der Waals surface area contributed by atoms with Crippen molar-refractivity contribution < 1.29 is 9.63 Å². The number of benzene rings is 2. The average Bonchev–Trinajstić information content (AvgIpc) is 2.46. The zero-order chi connectivity index (χ0) is 13.7. The summed E-state index contributed by atoms with van der Waals surface area (Å²) in [6, 6.07) is 15.3. The number of rotatable bonds is 4. The van der Waals surface area contributed by atoms with Crippen LogP contribution in [0.5, 0.6) is 0 Å². The second kappa shape index (κ2) is 5.96. The van der Waals surface area contributed by atoms with Gasteiger partial charge in [0.2, 0.25) is 0 Å². The lowest BCUT2D eigenvalue weighted by molar-refractivity contribution is 0.112. The summed E-state index contributed by atoms with van der Waals surface area (Å²) in [6.07, 6.45) is 0.822. The molecule has 0 bridgehead atoms. The summed E-state index contributed by atoms with van der Waals surface area (Å²) in [4.78, 5) is 15.6. The van der Waals surface area contributed by atoms with Crippen LogP contribution in [0.2, 0.25) is 0 Å². The number of aryl methyl sites for hydroxylation is 1. The first kappa shape index (κ1) is 13.0. The summed E-state index contributed by atoms with van der Waals surface area (Å²) < 4.78 is 0. The van der Waals surface area contributed by atoms with E-state index in [2.05, 4.69) is 5.16 Å². The van der Waals surface area contributed by atoms with Crippen molar-refractivity contribution in [3.63, 3.8) is 0 Å². The van der Waals surface area contributed by atoms with E-state index >= 15 is 0 Å². The molecule has 3 heteroatoms. The van der Waals surface area contributed by atoms with Gasteiger partial charge in [0.15, 0.2) is 0 Å². The van der Waals surface area contributed by atoms with Gasteiger partial charge in [0.25, 0.3) is 0 Å². The van der Waals surface area contributed by atoms with Crippen molar-refractivity contribution in [1.29, 1.82) is 0 Å². The predicted octanol–water partition coefficient (Wildman–Crippen LogP) is 3.21. The molecule has 0 aliphatic carbocycles. The second-order valence-corrected chi connectivity index (χ2v) is 4.23. The molecule has 3 nitrogen and oxygen atoms in total. The Balaban J connectivity index is 2.42. The van der Waals surface area contributed by atoms with Gasteiger partial charge in [0.05, 0.1) is 0 Å². The SMILES string of the molecule is CO/N=C(/c1ccc(C)cc1)c1ccc(C=O)cc1. The first-order valence-corrected chi connectivity index (χ1v) is 5.98. The molecule has 2 aromatic carbocycles. The monoisotopic (exact) mass is 253 g/mol. The molecule has 2 aromatic rings. The number of carbonyl (C=O) groups is 1. The lowest BCUT2D eigenvalue weighted by atomic mass is 10.0. The number of hydrogen-bond donors (Lipinski definition) is 0. The highest BCUT2D eigenvalue weighted by Crippen LogP contribution is 2.13. The summed E-state index contributed by atoms with van der Waals surface area (Å²) in [5.74, 6) is 0. The van der Waals surface area contributed by atoms with Crippen LogP contribution in [0, 0.1) is 6.92 Å². The molecule has 2 rings (SSSR count). The van der Waals surface area contributed by atoms with E-state index in [-0.39, 0.29) is 0 Å². The number of aldehydes is 1. The molecule has 0 fully saturated rings. The molecule has 0 saturated carbocycles. The van der Waals surface area contributed by atoms with Crippen LogP contribution >= 0.6 is 0 Å². The van der Waals surface area contributed by atoms with E-state index in [9.17, 15) is 4.79 Å². The Hall–Kier alpha value is -2.42. The van der Waals surface area contributed by atoms with E-state index in [0.29, 0.717) is 5.56 Å². The minimum absolute atomic E-state index is 0.643. The van der Waals surface area contributed by atoms with Gasteiger partial charge in [0, 0.05) is 16.7 Å². The number of oxime groups is 1. The van der Waals surface area contributed by atoms with Crippen LogP contribution in [0.25, 0.3) is 0 Å². The largest absolute Gasteiger partial charge is 0.399 e. The molecule has 0 aromatic heterocycles. The van der Waals surface area contributed by atoms with Crippen molar-refractivity contribution in [2.24, 2.45) is 5.16 Å². The maximum atomic E-state index is 10.7. The van der Waals surface area contributed by atoms with Gasteiger partial charge < -0.3 is 4.84 Å². The Labute approximate surface area is 112 Å². The lowest BCUT2D eigenvalue weighted by Gasteiger charge is -2.07. The molecule has 0 N–H and O–H groups in total. The van der Waals surface area contributed by atoms with Crippen molar-refractivity contribution in [2.75, 3.05) is 7.11 Å². The summed E-state index contributed by atoms with van der Waals surface area (Å²) >= 11 is 0. The molecular weight excluding hydrogens is 238 g/mol. The Morgan fingerprint density at radius 2 is 1.53 bits per heavy atom. The van der Waals surface area contributed by atoms with E-state index in [1.54, 1.807) is 12.1 Å². The molecule has 0 aliphatic rings. The van der Waals surface area contributed by atoms with Crippen molar-refractivity contribution in [2.45, 2.75) is 6.92 Å². The van der Waals surface area contributed by atoms with Crippen LogP contribution in [-0.4, -0.2) is 19.1 Å². The fraction of sp³-hybridized carbons (Fsp3) is 0.125. The normalized spacial score (nSPS) is 11.2. The van der Waals surface area contributed by atoms with Gasteiger partial charge in [0.1, 0.15) is 19.1 Å². The van der Waals surface area contributed by atoms with Gasteiger partial charge in [-0.05, 0) is 6.92 Å². The molecule has 0 amide bonds. The molecular formula is C16H15NO2. The summed E-state index contributed by atoms with van der Waals surface area (Å²) in [5, 5.41) is 4.08. The quantitative estimate of drug-likeness (QED) is 0.477. The molecule has 19 heavy (non-hydrogen) atoms. The molecule has 0 unspecified atom stereocenters.